The average Bonchev–Trinajstić information content (AvgIpc) is 3.23. The number of aryl methyl sites for hydroxylation is 2. The molecule has 0 saturated heterocycles. The van der Waals surface area contributed by atoms with Gasteiger partial charge in [0.1, 0.15) is 28.9 Å². The van der Waals surface area contributed by atoms with E-state index in [1.165, 1.54) is 23.8 Å². The number of aliphatic hydroxyl groups excluding tert-OH is 2. The zero-order valence-corrected chi connectivity index (χ0v) is 36.3. The van der Waals surface area contributed by atoms with E-state index in [1.807, 2.05) is 51.1 Å². The molecule has 2 N–H and O–H groups in total. The number of hydrogen-bond acceptors (Lipinski definition) is 10. The second kappa shape index (κ2) is 19.6. The topological polar surface area (TPSA) is 153 Å². The molecule has 3 aromatic rings. The van der Waals surface area contributed by atoms with E-state index in [9.17, 15) is 25.1 Å². The highest BCUT2D eigenvalue weighted by atomic mass is 16.7. The summed E-state index contributed by atoms with van der Waals surface area (Å²) in [5.74, 6) is -0.281. The van der Waals surface area contributed by atoms with Crippen molar-refractivity contribution in [2.24, 2.45) is 22.9 Å². The van der Waals surface area contributed by atoms with Crippen LogP contribution in [0.1, 0.15) is 93.9 Å². The smallest absolute Gasteiger partial charge is 0.269 e. The van der Waals surface area contributed by atoms with Crippen LogP contribution in [0.5, 0.6) is 17.2 Å². The number of non-ortho nitro benzene ring substituents is 1. The van der Waals surface area contributed by atoms with E-state index in [0.717, 1.165) is 48.1 Å². The van der Waals surface area contributed by atoms with Crippen LogP contribution in [0.15, 0.2) is 96.2 Å². The van der Waals surface area contributed by atoms with E-state index in [0.29, 0.717) is 35.6 Å². The van der Waals surface area contributed by atoms with Crippen LogP contribution in [0.2, 0.25) is 0 Å². The number of amides is 1. The maximum Gasteiger partial charge on any atom is 0.269 e. The van der Waals surface area contributed by atoms with Gasteiger partial charge >= 0.3 is 0 Å². The lowest BCUT2D eigenvalue weighted by Crippen LogP contribution is -2.69. The predicted molar refractivity (Wildman–Crippen MR) is 237 cm³/mol. The van der Waals surface area contributed by atoms with Crippen molar-refractivity contribution in [3.63, 3.8) is 0 Å². The fraction of sp³-hybridized carbons (Fsp3) is 0.469. The molecule has 12 nitrogen and oxygen atoms in total. The molecule has 2 aliphatic carbocycles. The molecule has 6 atom stereocenters. The number of ether oxygens (including phenoxy) is 3. The van der Waals surface area contributed by atoms with Crippen molar-refractivity contribution < 1.29 is 39.0 Å². The second-order valence-corrected chi connectivity index (χ2v) is 17.5. The number of nitro benzene ring substituents is 1. The molecular weight excluding hydrogens is 775 g/mol. The number of carbonyl (C=O) groups excluding carboxylic acids is 1. The summed E-state index contributed by atoms with van der Waals surface area (Å²) in [6, 6.07) is 17.3. The van der Waals surface area contributed by atoms with Gasteiger partial charge in [-0.15, -0.1) is 6.58 Å². The number of hydrogen-bond donors (Lipinski definition) is 2. The maximum atomic E-state index is 14.4. The summed E-state index contributed by atoms with van der Waals surface area (Å²) < 4.78 is 20.8. The van der Waals surface area contributed by atoms with Crippen molar-refractivity contribution in [3.8, 4) is 17.2 Å². The van der Waals surface area contributed by atoms with Crippen molar-refractivity contribution in [3.05, 3.63) is 123 Å². The van der Waals surface area contributed by atoms with Gasteiger partial charge in [-0.25, -0.2) is 0 Å². The van der Waals surface area contributed by atoms with Gasteiger partial charge in [0.25, 0.3) is 5.69 Å². The molecule has 326 valence electrons. The number of fused-ring (bicyclic) bond motifs is 2. The Kier molecular flexibility index (Phi) is 14.5. The zero-order valence-electron chi connectivity index (χ0n) is 36.3. The third-order valence-electron chi connectivity index (χ3n) is 12.1. The van der Waals surface area contributed by atoms with Gasteiger partial charge in [-0.05, 0) is 143 Å². The van der Waals surface area contributed by atoms with Crippen LogP contribution >= 0.6 is 0 Å². The van der Waals surface area contributed by atoms with Crippen LogP contribution in [0.25, 0.3) is 6.08 Å². The molecule has 0 bridgehead atoms. The normalized spacial score (nSPS) is 23.7. The highest BCUT2D eigenvalue weighted by Crippen LogP contribution is 2.62. The number of likely N-dealkylation sites (N-methyl/N-ethyl adjacent to an activating group) is 1. The summed E-state index contributed by atoms with van der Waals surface area (Å²) in [6.45, 7) is 14.3. The van der Waals surface area contributed by atoms with E-state index in [-0.39, 0.29) is 55.6 Å². The minimum Gasteiger partial charge on any atom is -0.459 e. The molecule has 0 radical (unpaired) electrons. The molecule has 1 aliphatic heterocycles. The molecule has 3 aromatic carbocycles. The Morgan fingerprint density at radius 1 is 1.00 bits per heavy atom. The van der Waals surface area contributed by atoms with E-state index >= 15 is 0 Å². The number of benzene rings is 3. The number of unbranched alkanes of at least 4 members (excludes halogenated alkanes) is 2. The van der Waals surface area contributed by atoms with Crippen molar-refractivity contribution in [2.45, 2.75) is 103 Å². The van der Waals surface area contributed by atoms with Gasteiger partial charge in [-0.3, -0.25) is 14.9 Å². The average molecular weight is 836 g/mol. The Hall–Kier alpha value is -5.30. The van der Waals surface area contributed by atoms with Crippen LogP contribution in [-0.2, 0) is 14.4 Å². The Balaban J connectivity index is 1.54. The zero-order chi connectivity index (χ0) is 43.9. The number of nitrogens with zero attached hydrogens (tertiary/aromatic N) is 3. The van der Waals surface area contributed by atoms with Gasteiger partial charge in [-0.1, -0.05) is 36.2 Å². The van der Waals surface area contributed by atoms with Gasteiger partial charge in [0.15, 0.2) is 0 Å². The number of nitro groups is 1. The number of oxime groups is 1. The SMILES string of the molecule is C=CCOC12Oc3ccc(Oc4ccc(C)c(C)c4)cc3C3C(CCCCO)C(CCCCO)C=C(C(=NOC(C)(C)C)CC1N(C)C(=O)C=Cc1ccc([N+](=O)[O-])cc1)C32. The molecule has 0 aromatic heterocycles. The molecule has 61 heavy (non-hydrogen) atoms. The summed E-state index contributed by atoms with van der Waals surface area (Å²) in [7, 11) is 1.73. The molecule has 1 heterocycles. The Morgan fingerprint density at radius 3 is 2.34 bits per heavy atom. The molecule has 0 spiro atoms. The summed E-state index contributed by atoms with van der Waals surface area (Å²) in [6.07, 6.45) is 11.9. The Morgan fingerprint density at radius 2 is 1.69 bits per heavy atom. The first-order chi connectivity index (χ1) is 29.2. The molecule has 6 unspecified atom stereocenters. The number of carbonyl (C=O) groups is 1. The minimum atomic E-state index is -1.41. The van der Waals surface area contributed by atoms with Crippen molar-refractivity contribution in [1.29, 1.82) is 0 Å². The van der Waals surface area contributed by atoms with Crippen molar-refractivity contribution in [2.75, 3.05) is 26.9 Å². The quantitative estimate of drug-likeness (QED) is 0.0419. The van der Waals surface area contributed by atoms with E-state index < -0.39 is 28.3 Å². The summed E-state index contributed by atoms with van der Waals surface area (Å²) in [4.78, 5) is 33.0. The molecule has 3 aliphatic rings. The van der Waals surface area contributed by atoms with E-state index in [4.69, 9.17) is 24.2 Å². The number of allylic oxidation sites excluding steroid dienone is 1. The van der Waals surface area contributed by atoms with Crippen LogP contribution in [-0.4, -0.2) is 76.0 Å². The van der Waals surface area contributed by atoms with Gasteiger partial charge in [0, 0.05) is 56.4 Å². The molecule has 12 heteroatoms. The van der Waals surface area contributed by atoms with E-state index in [1.54, 1.807) is 36.2 Å². The second-order valence-electron chi connectivity index (χ2n) is 17.5. The number of aliphatic hydroxyl groups is 2. The van der Waals surface area contributed by atoms with Crippen molar-refractivity contribution in [1.82, 2.24) is 4.90 Å². The first-order valence-corrected chi connectivity index (χ1v) is 21.4. The minimum absolute atomic E-state index is 0.0387. The number of rotatable bonds is 18. The molecular formula is C49H61N3O9. The van der Waals surface area contributed by atoms with Crippen LogP contribution in [0.3, 0.4) is 0 Å². The molecule has 1 saturated carbocycles. The third-order valence-corrected chi connectivity index (χ3v) is 12.1. The summed E-state index contributed by atoms with van der Waals surface area (Å²) in [5, 5.41) is 35.9. The lowest BCUT2D eigenvalue weighted by atomic mass is 9.55. The van der Waals surface area contributed by atoms with Crippen molar-refractivity contribution >= 4 is 23.4 Å². The Bertz CT molecular complexity index is 2140. The highest BCUT2D eigenvalue weighted by molar-refractivity contribution is 6.03. The Labute approximate surface area is 359 Å². The summed E-state index contributed by atoms with van der Waals surface area (Å²) >= 11 is 0. The highest BCUT2D eigenvalue weighted by Gasteiger charge is 2.65. The lowest BCUT2D eigenvalue weighted by molar-refractivity contribution is -0.384. The lowest BCUT2D eigenvalue weighted by Gasteiger charge is -2.59. The van der Waals surface area contributed by atoms with E-state index in [2.05, 4.69) is 32.6 Å². The fourth-order valence-electron chi connectivity index (χ4n) is 9.04. The maximum absolute atomic E-state index is 14.4. The largest absolute Gasteiger partial charge is 0.459 e. The van der Waals surface area contributed by atoms with Crippen LogP contribution in [0.4, 0.5) is 5.69 Å². The monoisotopic (exact) mass is 835 g/mol. The first-order valence-electron chi connectivity index (χ1n) is 21.4. The first kappa shape index (κ1) is 45.2. The fourth-order valence-corrected chi connectivity index (χ4v) is 9.04. The van der Waals surface area contributed by atoms with Gasteiger partial charge < -0.3 is 34.2 Å². The standard InChI is InChI=1S/C49H61N3O9/c1-8-27-58-49-44(51(7)45(55)24-18-34-16-19-36(20-17-34)52(56)57)31-42(50-61-48(4,5)6)40-29-35(13-9-11-25-53)39(14-10-12-26-54)46(47(40)49)41-30-38(22-23-43(41)60-49)59-37-21-15-32(2)33(3)28-37/h8,15-24,28-30,35,39,44,46-47,53-54H,1,9-14,25-27,31H2,2-7H3. The molecule has 6 rings (SSSR count). The molecule has 1 fully saturated rings. The van der Waals surface area contributed by atoms with Crippen LogP contribution < -0.4 is 9.47 Å². The van der Waals surface area contributed by atoms with Crippen LogP contribution in [0, 0.1) is 41.7 Å². The van der Waals surface area contributed by atoms with Gasteiger partial charge in [0.2, 0.25) is 11.7 Å². The van der Waals surface area contributed by atoms with Gasteiger partial charge in [0.05, 0.1) is 23.2 Å². The predicted octanol–water partition coefficient (Wildman–Crippen LogP) is 9.61. The molecule has 1 amide bonds. The van der Waals surface area contributed by atoms with Gasteiger partial charge in [-0.2, -0.15) is 0 Å². The summed E-state index contributed by atoms with van der Waals surface area (Å²) in [5.41, 5.74) is 4.88. The third kappa shape index (κ3) is 10.3.